The van der Waals surface area contributed by atoms with E-state index in [9.17, 15) is 4.39 Å². The molecular weight excluding hydrogens is 233 g/mol. The molecule has 2 heterocycles. The fourth-order valence-corrected chi connectivity index (χ4v) is 2.90. The maximum atomic E-state index is 13.3. The minimum absolute atomic E-state index is 0.0827. The molecule has 0 aliphatic carbocycles. The zero-order valence-corrected chi connectivity index (χ0v) is 10.9. The molecule has 5 atom stereocenters. The van der Waals surface area contributed by atoms with Crippen molar-refractivity contribution in [3.05, 3.63) is 29.8 Å². The lowest BCUT2D eigenvalue weighted by atomic mass is 9.81. The van der Waals surface area contributed by atoms with Crippen molar-refractivity contribution >= 4 is 0 Å². The Morgan fingerprint density at radius 3 is 2.56 bits per heavy atom. The monoisotopic (exact) mass is 253 g/mol. The van der Waals surface area contributed by atoms with Gasteiger partial charge in [-0.2, -0.15) is 0 Å². The van der Waals surface area contributed by atoms with E-state index in [1.54, 1.807) is 6.20 Å². The van der Waals surface area contributed by atoms with Crippen molar-refractivity contribution in [1.82, 2.24) is 10.4 Å². The summed E-state index contributed by atoms with van der Waals surface area (Å²) >= 11 is 0. The minimum atomic E-state index is -0.347. The van der Waals surface area contributed by atoms with Crippen LogP contribution < -0.4 is 11.3 Å². The Kier molecular flexibility index (Phi) is 3.94. The Balaban J connectivity index is 2.28. The van der Waals surface area contributed by atoms with Crippen molar-refractivity contribution in [2.24, 2.45) is 17.7 Å². The lowest BCUT2D eigenvalue weighted by Gasteiger charge is -2.28. The topological polar surface area (TPSA) is 60.2 Å². The lowest BCUT2D eigenvalue weighted by Crippen LogP contribution is -2.38. The number of hydrogen-bond acceptors (Lipinski definition) is 4. The summed E-state index contributed by atoms with van der Waals surface area (Å²) < 4.78 is 19.1. The van der Waals surface area contributed by atoms with Crippen LogP contribution in [0.2, 0.25) is 0 Å². The Morgan fingerprint density at radius 1 is 1.33 bits per heavy atom. The van der Waals surface area contributed by atoms with Crippen molar-refractivity contribution in [3.63, 3.8) is 0 Å². The van der Waals surface area contributed by atoms with Crippen LogP contribution in [0.1, 0.15) is 32.4 Å². The summed E-state index contributed by atoms with van der Waals surface area (Å²) in [4.78, 5) is 3.88. The maximum Gasteiger partial charge on any atom is 0.141 e. The highest BCUT2D eigenvalue weighted by Gasteiger charge is 2.42. The molecule has 0 radical (unpaired) electrons. The van der Waals surface area contributed by atoms with Crippen LogP contribution in [-0.2, 0) is 4.74 Å². The number of halogens is 1. The molecule has 0 bridgehead atoms. The molecule has 1 saturated heterocycles. The predicted molar refractivity (Wildman–Crippen MR) is 66.9 cm³/mol. The normalized spacial score (nSPS) is 33.6. The number of hydrogen-bond donors (Lipinski definition) is 2. The summed E-state index contributed by atoms with van der Waals surface area (Å²) in [6.07, 6.45) is 3.11. The van der Waals surface area contributed by atoms with Crippen LogP contribution in [-0.4, -0.2) is 17.2 Å². The number of rotatable bonds is 3. The SMILES string of the molecule is CC1OC(C)C(C(NN)c2cncc(F)c2)C1C. The van der Waals surface area contributed by atoms with Crippen LogP contribution in [0.5, 0.6) is 0 Å². The summed E-state index contributed by atoms with van der Waals surface area (Å²) in [6, 6.07) is 1.32. The Morgan fingerprint density at radius 2 is 2.06 bits per heavy atom. The number of ether oxygens (including phenoxy) is 1. The summed E-state index contributed by atoms with van der Waals surface area (Å²) in [5, 5.41) is 0. The second kappa shape index (κ2) is 5.30. The Labute approximate surface area is 107 Å². The summed E-state index contributed by atoms with van der Waals surface area (Å²) in [7, 11) is 0. The van der Waals surface area contributed by atoms with Crippen molar-refractivity contribution < 1.29 is 9.13 Å². The van der Waals surface area contributed by atoms with E-state index in [0.29, 0.717) is 5.92 Å². The van der Waals surface area contributed by atoms with Crippen molar-refractivity contribution in [2.75, 3.05) is 0 Å². The van der Waals surface area contributed by atoms with Gasteiger partial charge in [0.15, 0.2) is 0 Å². The molecule has 0 spiro atoms. The van der Waals surface area contributed by atoms with Crippen molar-refractivity contribution in [2.45, 2.75) is 39.0 Å². The number of aromatic nitrogens is 1. The fourth-order valence-electron chi connectivity index (χ4n) is 2.90. The number of nitrogens with one attached hydrogen (secondary N) is 1. The smallest absolute Gasteiger partial charge is 0.141 e. The second-order valence-electron chi connectivity index (χ2n) is 5.06. The fraction of sp³-hybridized carbons (Fsp3) is 0.615. The molecule has 2 rings (SSSR count). The molecule has 1 aliphatic heterocycles. The average Bonchev–Trinajstić information content (AvgIpc) is 2.57. The molecule has 0 saturated carbocycles. The minimum Gasteiger partial charge on any atom is -0.375 e. The van der Waals surface area contributed by atoms with Gasteiger partial charge in [-0.1, -0.05) is 6.92 Å². The van der Waals surface area contributed by atoms with E-state index < -0.39 is 0 Å². The first-order chi connectivity index (χ1) is 8.54. The molecule has 3 N–H and O–H groups in total. The third-order valence-corrected chi connectivity index (χ3v) is 3.97. The number of nitrogens with zero attached hydrogens (tertiary/aromatic N) is 1. The van der Waals surface area contributed by atoms with Crippen LogP contribution in [0.3, 0.4) is 0 Å². The predicted octanol–water partition coefficient (Wildman–Crippen LogP) is 1.78. The third kappa shape index (κ3) is 2.39. The van der Waals surface area contributed by atoms with E-state index in [1.165, 1.54) is 12.3 Å². The van der Waals surface area contributed by atoms with Gasteiger partial charge in [-0.15, -0.1) is 0 Å². The first-order valence-electron chi connectivity index (χ1n) is 6.26. The molecule has 4 nitrogen and oxygen atoms in total. The highest BCUT2D eigenvalue weighted by atomic mass is 19.1. The molecule has 1 fully saturated rings. The van der Waals surface area contributed by atoms with E-state index in [1.807, 2.05) is 6.92 Å². The first-order valence-corrected chi connectivity index (χ1v) is 6.26. The molecule has 1 aliphatic rings. The van der Waals surface area contributed by atoms with Crippen LogP contribution in [0.4, 0.5) is 4.39 Å². The van der Waals surface area contributed by atoms with E-state index in [0.717, 1.165) is 5.56 Å². The zero-order valence-electron chi connectivity index (χ0n) is 10.9. The first kappa shape index (κ1) is 13.4. The molecule has 1 aromatic rings. The average molecular weight is 253 g/mol. The number of nitrogens with two attached hydrogens (primary N) is 1. The van der Waals surface area contributed by atoms with Gasteiger partial charge < -0.3 is 4.74 Å². The van der Waals surface area contributed by atoms with Gasteiger partial charge >= 0.3 is 0 Å². The van der Waals surface area contributed by atoms with Gasteiger partial charge in [0.05, 0.1) is 24.4 Å². The van der Waals surface area contributed by atoms with Gasteiger partial charge in [0.25, 0.3) is 0 Å². The number of hydrazine groups is 1. The van der Waals surface area contributed by atoms with Crippen molar-refractivity contribution in [1.29, 1.82) is 0 Å². The lowest BCUT2D eigenvalue weighted by molar-refractivity contribution is 0.0474. The van der Waals surface area contributed by atoms with Gasteiger partial charge in [-0.3, -0.25) is 16.3 Å². The number of pyridine rings is 1. The third-order valence-electron chi connectivity index (χ3n) is 3.97. The van der Waals surface area contributed by atoms with E-state index in [2.05, 4.69) is 24.3 Å². The van der Waals surface area contributed by atoms with Gasteiger partial charge in [-0.25, -0.2) is 4.39 Å². The van der Waals surface area contributed by atoms with Crippen LogP contribution in [0, 0.1) is 17.7 Å². The van der Waals surface area contributed by atoms with Gasteiger partial charge in [0, 0.05) is 12.1 Å². The van der Waals surface area contributed by atoms with E-state index in [-0.39, 0.29) is 30.0 Å². The molecule has 100 valence electrons. The highest BCUT2D eigenvalue weighted by molar-refractivity contribution is 5.17. The van der Waals surface area contributed by atoms with E-state index in [4.69, 9.17) is 10.6 Å². The highest BCUT2D eigenvalue weighted by Crippen LogP contribution is 2.40. The molecule has 0 amide bonds. The maximum absolute atomic E-state index is 13.3. The van der Waals surface area contributed by atoms with Crippen molar-refractivity contribution in [3.8, 4) is 0 Å². The Bertz CT molecular complexity index is 415. The summed E-state index contributed by atoms with van der Waals surface area (Å²) in [6.45, 7) is 6.22. The molecule has 18 heavy (non-hydrogen) atoms. The second-order valence-corrected chi connectivity index (χ2v) is 5.06. The largest absolute Gasteiger partial charge is 0.375 e. The van der Waals surface area contributed by atoms with Crippen LogP contribution in [0.15, 0.2) is 18.5 Å². The van der Waals surface area contributed by atoms with Gasteiger partial charge in [-0.05, 0) is 31.4 Å². The summed E-state index contributed by atoms with van der Waals surface area (Å²) in [5.74, 6) is 5.86. The molecule has 5 heteroatoms. The standard InChI is InChI=1S/C13H20FN3O/c1-7-8(2)18-9(3)12(7)13(17-15)10-4-11(14)6-16-5-10/h4-9,12-13,17H,15H2,1-3H3. The molecule has 1 aromatic heterocycles. The van der Waals surface area contributed by atoms with Gasteiger partial charge in [0.1, 0.15) is 5.82 Å². The van der Waals surface area contributed by atoms with Gasteiger partial charge in [0.2, 0.25) is 0 Å². The molecule has 5 unspecified atom stereocenters. The summed E-state index contributed by atoms with van der Waals surface area (Å²) in [5.41, 5.74) is 3.55. The zero-order chi connectivity index (χ0) is 13.3. The van der Waals surface area contributed by atoms with Crippen LogP contribution in [0.25, 0.3) is 0 Å². The van der Waals surface area contributed by atoms with E-state index >= 15 is 0 Å². The molecule has 0 aromatic carbocycles. The quantitative estimate of drug-likeness (QED) is 0.637. The molecular formula is C13H20FN3O. The Hall–Kier alpha value is -1.04. The van der Waals surface area contributed by atoms with Crippen LogP contribution >= 0.6 is 0 Å².